The predicted molar refractivity (Wildman–Crippen MR) is 64.0 cm³/mol. The summed E-state index contributed by atoms with van der Waals surface area (Å²) in [5.74, 6) is -0.406. The summed E-state index contributed by atoms with van der Waals surface area (Å²) in [7, 11) is 0. The number of hydrogen-bond acceptors (Lipinski definition) is 4. The molecule has 1 amide bonds. The molecule has 0 saturated carbocycles. The van der Waals surface area contributed by atoms with Crippen molar-refractivity contribution in [3.63, 3.8) is 0 Å². The van der Waals surface area contributed by atoms with Gasteiger partial charge in [-0.25, -0.2) is 0 Å². The lowest BCUT2D eigenvalue weighted by molar-refractivity contribution is 0.100. The van der Waals surface area contributed by atoms with Crippen LogP contribution in [0.5, 0.6) is 0 Å². The second-order valence-electron chi connectivity index (χ2n) is 3.03. The molecular weight excluding hydrogens is 210 g/mol. The maximum absolute atomic E-state index is 11.1. The largest absolute Gasteiger partial charge is 0.390 e. The number of amides is 1. The number of nitrogens with two attached hydrogens (primary N) is 2. The van der Waals surface area contributed by atoms with E-state index in [9.17, 15) is 4.79 Å². The van der Waals surface area contributed by atoms with Crippen LogP contribution in [-0.2, 0) is 13.0 Å². The van der Waals surface area contributed by atoms with Crippen LogP contribution in [0, 0.1) is 0 Å². The van der Waals surface area contributed by atoms with Crippen LogP contribution in [0.3, 0.4) is 0 Å². The van der Waals surface area contributed by atoms with Crippen molar-refractivity contribution in [3.8, 4) is 0 Å². The molecule has 15 heavy (non-hydrogen) atoms. The number of carbonyl (C=O) groups is 1. The number of thiophene rings is 1. The first kappa shape index (κ1) is 12.0. The fourth-order valence-electron chi connectivity index (χ4n) is 1.63. The third kappa shape index (κ3) is 2.30. The highest BCUT2D eigenvalue weighted by atomic mass is 32.1. The van der Waals surface area contributed by atoms with Crippen molar-refractivity contribution >= 4 is 22.2 Å². The van der Waals surface area contributed by atoms with E-state index in [4.69, 9.17) is 11.5 Å². The molecule has 0 aliphatic carbocycles. The van der Waals surface area contributed by atoms with Gasteiger partial charge >= 0.3 is 0 Å². The summed E-state index contributed by atoms with van der Waals surface area (Å²) in [5, 5.41) is 3.78. The normalized spacial score (nSPS) is 13.7. The van der Waals surface area contributed by atoms with Gasteiger partial charge in [-0.15, -0.1) is 11.3 Å². The average molecular weight is 227 g/mol. The maximum atomic E-state index is 11.1. The highest BCUT2D eigenvalue weighted by Gasteiger charge is 2.21. The molecule has 1 aliphatic heterocycles. The Balaban J connectivity index is 0.000000531. The predicted octanol–water partition coefficient (Wildman–Crippen LogP) is 1.10. The fraction of sp³-hybridized carbons (Fsp3) is 0.500. The molecule has 0 saturated heterocycles. The van der Waals surface area contributed by atoms with Gasteiger partial charge in [-0.05, 0) is 18.5 Å². The van der Waals surface area contributed by atoms with Gasteiger partial charge in [0.25, 0.3) is 5.91 Å². The third-order valence-corrected chi connectivity index (χ3v) is 3.26. The van der Waals surface area contributed by atoms with Crippen molar-refractivity contribution in [1.82, 2.24) is 5.32 Å². The molecule has 0 aromatic carbocycles. The Morgan fingerprint density at radius 2 is 2.13 bits per heavy atom. The lowest BCUT2D eigenvalue weighted by Gasteiger charge is -2.12. The van der Waals surface area contributed by atoms with Gasteiger partial charge in [-0.1, -0.05) is 13.8 Å². The van der Waals surface area contributed by atoms with Crippen LogP contribution < -0.4 is 16.8 Å². The van der Waals surface area contributed by atoms with Crippen molar-refractivity contribution in [2.75, 3.05) is 12.3 Å². The zero-order valence-electron chi connectivity index (χ0n) is 9.09. The van der Waals surface area contributed by atoms with E-state index in [-0.39, 0.29) is 0 Å². The SMILES string of the molecule is CC.NC(=O)c1c(N)sc2c1CCNC2. The molecule has 84 valence electrons. The van der Waals surface area contributed by atoms with Crippen molar-refractivity contribution in [2.45, 2.75) is 26.8 Å². The van der Waals surface area contributed by atoms with E-state index in [0.29, 0.717) is 10.6 Å². The van der Waals surface area contributed by atoms with Gasteiger partial charge in [0.1, 0.15) is 0 Å². The fourth-order valence-corrected chi connectivity index (χ4v) is 2.72. The van der Waals surface area contributed by atoms with E-state index in [1.165, 1.54) is 11.3 Å². The van der Waals surface area contributed by atoms with Gasteiger partial charge < -0.3 is 16.8 Å². The van der Waals surface area contributed by atoms with Crippen LogP contribution in [0.2, 0.25) is 0 Å². The highest BCUT2D eigenvalue weighted by molar-refractivity contribution is 7.16. The lowest BCUT2D eigenvalue weighted by Crippen LogP contribution is -2.24. The van der Waals surface area contributed by atoms with Crippen LogP contribution in [0.1, 0.15) is 34.6 Å². The van der Waals surface area contributed by atoms with Crippen LogP contribution in [0.25, 0.3) is 0 Å². The molecule has 4 nitrogen and oxygen atoms in total. The number of hydrogen-bond donors (Lipinski definition) is 3. The number of nitrogen functional groups attached to an aromatic ring is 1. The first-order valence-corrected chi connectivity index (χ1v) is 5.92. The molecule has 0 fully saturated rings. The standard InChI is InChI=1S/C8H11N3OS.C2H6/c9-7(12)6-4-1-2-11-3-5(4)13-8(6)10;1-2/h11H,1-3,10H2,(H2,9,12);1-2H3. The van der Waals surface area contributed by atoms with Crippen molar-refractivity contribution in [2.24, 2.45) is 5.73 Å². The Bertz CT molecular complexity index is 360. The van der Waals surface area contributed by atoms with E-state index >= 15 is 0 Å². The number of rotatable bonds is 1. The number of anilines is 1. The molecule has 5 N–H and O–H groups in total. The Labute approximate surface area is 93.7 Å². The molecule has 0 atom stereocenters. The molecule has 1 aliphatic rings. The number of carbonyl (C=O) groups excluding carboxylic acids is 1. The van der Waals surface area contributed by atoms with E-state index in [1.807, 2.05) is 13.8 Å². The van der Waals surface area contributed by atoms with Gasteiger partial charge in [-0.3, -0.25) is 4.79 Å². The molecule has 1 aromatic heterocycles. The van der Waals surface area contributed by atoms with E-state index in [1.54, 1.807) is 0 Å². The first-order valence-electron chi connectivity index (χ1n) is 5.10. The summed E-state index contributed by atoms with van der Waals surface area (Å²) >= 11 is 1.46. The second kappa shape index (κ2) is 5.14. The molecule has 1 aromatic rings. The third-order valence-electron chi connectivity index (χ3n) is 2.20. The number of fused-ring (bicyclic) bond motifs is 1. The molecular formula is C10H17N3OS. The second-order valence-corrected chi connectivity index (χ2v) is 4.17. The molecule has 0 unspecified atom stereocenters. The first-order chi connectivity index (χ1) is 7.20. The van der Waals surface area contributed by atoms with Gasteiger partial charge in [0.2, 0.25) is 0 Å². The van der Waals surface area contributed by atoms with Crippen molar-refractivity contribution in [3.05, 3.63) is 16.0 Å². The Morgan fingerprint density at radius 1 is 1.47 bits per heavy atom. The zero-order valence-corrected chi connectivity index (χ0v) is 9.91. The molecule has 0 bridgehead atoms. The van der Waals surface area contributed by atoms with Gasteiger partial charge in [0, 0.05) is 11.4 Å². The van der Waals surface area contributed by atoms with Crippen LogP contribution in [0.4, 0.5) is 5.00 Å². The monoisotopic (exact) mass is 227 g/mol. The minimum atomic E-state index is -0.406. The summed E-state index contributed by atoms with van der Waals surface area (Å²) in [5.41, 5.74) is 12.6. The van der Waals surface area contributed by atoms with E-state index in [2.05, 4.69) is 5.32 Å². The molecule has 2 heterocycles. The minimum Gasteiger partial charge on any atom is -0.390 e. The smallest absolute Gasteiger partial charge is 0.251 e. The summed E-state index contributed by atoms with van der Waals surface area (Å²) in [4.78, 5) is 12.2. The highest BCUT2D eigenvalue weighted by Crippen LogP contribution is 2.32. The summed E-state index contributed by atoms with van der Waals surface area (Å²) in [6.07, 6.45) is 0.849. The quantitative estimate of drug-likeness (QED) is 0.672. The van der Waals surface area contributed by atoms with E-state index < -0.39 is 5.91 Å². The lowest BCUT2D eigenvalue weighted by atomic mass is 10.0. The molecule has 0 spiro atoms. The topological polar surface area (TPSA) is 81.1 Å². The summed E-state index contributed by atoms with van der Waals surface area (Å²) in [6, 6.07) is 0. The molecule has 2 rings (SSSR count). The Morgan fingerprint density at radius 3 is 2.73 bits per heavy atom. The maximum Gasteiger partial charge on any atom is 0.251 e. The van der Waals surface area contributed by atoms with Gasteiger partial charge in [0.15, 0.2) is 0 Å². The summed E-state index contributed by atoms with van der Waals surface area (Å²) < 4.78 is 0. The zero-order chi connectivity index (χ0) is 11.4. The van der Waals surface area contributed by atoms with E-state index in [0.717, 1.165) is 30.0 Å². The van der Waals surface area contributed by atoms with Crippen LogP contribution in [-0.4, -0.2) is 12.5 Å². The molecule has 0 radical (unpaired) electrons. The molecule has 5 heteroatoms. The van der Waals surface area contributed by atoms with Crippen LogP contribution >= 0.6 is 11.3 Å². The Kier molecular flexibility index (Phi) is 4.11. The van der Waals surface area contributed by atoms with Crippen LogP contribution in [0.15, 0.2) is 0 Å². The number of primary amides is 1. The average Bonchev–Trinajstić information content (AvgIpc) is 2.56. The summed E-state index contributed by atoms with van der Waals surface area (Å²) in [6.45, 7) is 5.70. The van der Waals surface area contributed by atoms with Crippen molar-refractivity contribution in [1.29, 1.82) is 0 Å². The van der Waals surface area contributed by atoms with Gasteiger partial charge in [-0.2, -0.15) is 0 Å². The van der Waals surface area contributed by atoms with Gasteiger partial charge in [0.05, 0.1) is 10.6 Å². The van der Waals surface area contributed by atoms with Crippen molar-refractivity contribution < 1.29 is 4.79 Å². The Hall–Kier alpha value is -1.07. The minimum absolute atomic E-state index is 0.406. The number of nitrogens with one attached hydrogen (secondary N) is 1.